The molecule has 0 saturated heterocycles. The van der Waals surface area contributed by atoms with Crippen LogP contribution in [0.1, 0.15) is 19.3 Å². The first kappa shape index (κ1) is 16.7. The second kappa shape index (κ2) is 12.1. The van der Waals surface area contributed by atoms with E-state index in [0.29, 0.717) is 39.2 Å². The summed E-state index contributed by atoms with van der Waals surface area (Å²) in [4.78, 5) is 21.3. The Morgan fingerprint density at radius 1 is 1.11 bits per heavy atom. The number of ether oxygens (including phenoxy) is 3. The highest BCUT2D eigenvalue weighted by molar-refractivity contribution is 5.67. The van der Waals surface area contributed by atoms with Gasteiger partial charge in [-0.1, -0.05) is 0 Å². The molecule has 7 heteroatoms. The molecule has 0 aliphatic carbocycles. The highest BCUT2D eigenvalue weighted by atomic mass is 16.5. The zero-order chi connectivity index (χ0) is 13.6. The third-order valence-corrected chi connectivity index (χ3v) is 1.93. The molecule has 1 amide bonds. The van der Waals surface area contributed by atoms with Crippen LogP contribution in [0.2, 0.25) is 0 Å². The largest absolute Gasteiger partial charge is 0.481 e. The van der Waals surface area contributed by atoms with E-state index in [4.69, 9.17) is 19.3 Å². The van der Waals surface area contributed by atoms with Gasteiger partial charge in [-0.25, -0.2) is 4.79 Å². The van der Waals surface area contributed by atoms with E-state index in [9.17, 15) is 9.59 Å². The van der Waals surface area contributed by atoms with Gasteiger partial charge in [0.1, 0.15) is 0 Å². The molecule has 0 bridgehead atoms. The Morgan fingerprint density at radius 3 is 2.56 bits per heavy atom. The van der Waals surface area contributed by atoms with Gasteiger partial charge in [0, 0.05) is 26.7 Å². The second-order valence-corrected chi connectivity index (χ2v) is 3.52. The molecule has 0 aliphatic heterocycles. The number of alkyl carbamates (subject to hydrolysis) is 1. The number of nitrogens with one attached hydrogen (secondary N) is 1. The van der Waals surface area contributed by atoms with Crippen molar-refractivity contribution >= 4 is 12.1 Å². The van der Waals surface area contributed by atoms with Gasteiger partial charge in [-0.3, -0.25) is 4.79 Å². The zero-order valence-electron chi connectivity index (χ0n) is 10.6. The molecule has 106 valence electrons. The normalized spacial score (nSPS) is 10.1. The number of carbonyl (C=O) groups is 2. The Hall–Kier alpha value is -1.34. The maximum atomic E-state index is 11.1. The summed E-state index contributed by atoms with van der Waals surface area (Å²) in [6.07, 6.45) is 0.481. The van der Waals surface area contributed by atoms with E-state index in [1.807, 2.05) is 0 Å². The molecule has 0 aromatic carbocycles. The molecule has 0 aliphatic rings. The van der Waals surface area contributed by atoms with Crippen molar-refractivity contribution < 1.29 is 28.9 Å². The van der Waals surface area contributed by atoms with E-state index in [1.54, 1.807) is 7.11 Å². The molecular weight excluding hydrogens is 242 g/mol. The summed E-state index contributed by atoms with van der Waals surface area (Å²) in [5.41, 5.74) is 0. The zero-order valence-corrected chi connectivity index (χ0v) is 10.6. The van der Waals surface area contributed by atoms with Crippen LogP contribution in [0.5, 0.6) is 0 Å². The number of aliphatic carboxylic acids is 1. The fourth-order valence-corrected chi connectivity index (χ4v) is 1.05. The molecule has 18 heavy (non-hydrogen) atoms. The van der Waals surface area contributed by atoms with Crippen LogP contribution >= 0.6 is 0 Å². The predicted octanol–water partition coefficient (Wildman–Crippen LogP) is 0.631. The smallest absolute Gasteiger partial charge is 0.407 e. The first-order chi connectivity index (χ1) is 8.66. The maximum absolute atomic E-state index is 11.1. The van der Waals surface area contributed by atoms with Crippen molar-refractivity contribution in [3.05, 3.63) is 0 Å². The van der Waals surface area contributed by atoms with E-state index in [-0.39, 0.29) is 13.0 Å². The number of carboxylic acids is 1. The Labute approximate surface area is 106 Å². The average molecular weight is 263 g/mol. The van der Waals surface area contributed by atoms with Crippen molar-refractivity contribution in [2.75, 3.05) is 40.1 Å². The van der Waals surface area contributed by atoms with Crippen LogP contribution in [-0.4, -0.2) is 57.3 Å². The Kier molecular flexibility index (Phi) is 11.2. The van der Waals surface area contributed by atoms with Gasteiger partial charge in [-0.2, -0.15) is 0 Å². The third-order valence-electron chi connectivity index (χ3n) is 1.93. The molecule has 0 spiro atoms. The molecule has 0 aromatic heterocycles. The van der Waals surface area contributed by atoms with Crippen molar-refractivity contribution in [3.63, 3.8) is 0 Å². The minimum Gasteiger partial charge on any atom is -0.481 e. The molecule has 0 saturated carbocycles. The Balaban J connectivity index is 3.19. The molecule has 7 nitrogen and oxygen atoms in total. The van der Waals surface area contributed by atoms with E-state index >= 15 is 0 Å². The molecule has 2 N–H and O–H groups in total. The first-order valence-electron chi connectivity index (χ1n) is 5.86. The Bertz CT molecular complexity index is 234. The van der Waals surface area contributed by atoms with Crippen molar-refractivity contribution in [3.8, 4) is 0 Å². The fourth-order valence-electron chi connectivity index (χ4n) is 1.05. The standard InChI is InChI=1S/C11H21NO6/c1-16-8-9-17-6-3-5-12-11(15)18-7-2-4-10(13)14/h2-9H2,1H3,(H,12,15)(H,13,14). The summed E-state index contributed by atoms with van der Waals surface area (Å²) < 4.78 is 14.8. The number of carboxylic acid groups (broad SMARTS) is 1. The highest BCUT2D eigenvalue weighted by Crippen LogP contribution is 1.90. The molecule has 0 aromatic rings. The lowest BCUT2D eigenvalue weighted by Crippen LogP contribution is -2.26. The van der Waals surface area contributed by atoms with Crippen LogP contribution in [0.25, 0.3) is 0 Å². The third kappa shape index (κ3) is 12.7. The minimum absolute atomic E-state index is 0.000615. The van der Waals surface area contributed by atoms with Gasteiger partial charge in [0.25, 0.3) is 0 Å². The van der Waals surface area contributed by atoms with Crippen molar-refractivity contribution in [1.29, 1.82) is 0 Å². The number of carbonyl (C=O) groups excluding carboxylic acids is 1. The minimum atomic E-state index is -0.896. The Morgan fingerprint density at radius 2 is 1.89 bits per heavy atom. The van der Waals surface area contributed by atoms with E-state index in [2.05, 4.69) is 5.32 Å². The molecule has 0 heterocycles. The van der Waals surface area contributed by atoms with Crippen LogP contribution in [0.15, 0.2) is 0 Å². The lowest BCUT2D eigenvalue weighted by atomic mass is 10.3. The average Bonchev–Trinajstić information content (AvgIpc) is 2.33. The van der Waals surface area contributed by atoms with Gasteiger partial charge in [-0.15, -0.1) is 0 Å². The summed E-state index contributed by atoms with van der Waals surface area (Å²) in [6, 6.07) is 0. The summed E-state index contributed by atoms with van der Waals surface area (Å²) in [6.45, 7) is 2.21. The summed E-state index contributed by atoms with van der Waals surface area (Å²) >= 11 is 0. The van der Waals surface area contributed by atoms with Gasteiger partial charge in [-0.05, 0) is 12.8 Å². The maximum Gasteiger partial charge on any atom is 0.407 e. The predicted molar refractivity (Wildman–Crippen MR) is 63.5 cm³/mol. The van der Waals surface area contributed by atoms with Crippen molar-refractivity contribution in [1.82, 2.24) is 5.32 Å². The quantitative estimate of drug-likeness (QED) is 0.531. The van der Waals surface area contributed by atoms with Crippen molar-refractivity contribution in [2.45, 2.75) is 19.3 Å². The fraction of sp³-hybridized carbons (Fsp3) is 0.818. The first-order valence-corrected chi connectivity index (χ1v) is 5.86. The summed E-state index contributed by atoms with van der Waals surface area (Å²) in [5, 5.41) is 10.9. The number of rotatable bonds is 11. The van der Waals surface area contributed by atoms with Gasteiger partial charge in [0.15, 0.2) is 0 Å². The van der Waals surface area contributed by atoms with Crippen LogP contribution in [0.4, 0.5) is 4.79 Å². The number of amides is 1. The number of methoxy groups -OCH3 is 1. The summed E-state index contributed by atoms with van der Waals surface area (Å²) in [7, 11) is 1.60. The SMILES string of the molecule is COCCOCCCNC(=O)OCCCC(=O)O. The monoisotopic (exact) mass is 263 g/mol. The van der Waals surface area contributed by atoms with Crippen LogP contribution < -0.4 is 5.32 Å². The number of hydrogen-bond donors (Lipinski definition) is 2. The lowest BCUT2D eigenvalue weighted by molar-refractivity contribution is -0.137. The number of hydrogen-bond acceptors (Lipinski definition) is 5. The molecule has 0 rings (SSSR count). The van der Waals surface area contributed by atoms with Crippen LogP contribution in [0, 0.1) is 0 Å². The second-order valence-electron chi connectivity index (χ2n) is 3.52. The van der Waals surface area contributed by atoms with Gasteiger partial charge < -0.3 is 24.6 Å². The van der Waals surface area contributed by atoms with Crippen LogP contribution in [0.3, 0.4) is 0 Å². The van der Waals surface area contributed by atoms with E-state index < -0.39 is 12.1 Å². The van der Waals surface area contributed by atoms with Crippen molar-refractivity contribution in [2.24, 2.45) is 0 Å². The molecule has 0 radical (unpaired) electrons. The van der Waals surface area contributed by atoms with Crippen LogP contribution in [-0.2, 0) is 19.0 Å². The lowest BCUT2D eigenvalue weighted by Gasteiger charge is -2.06. The molecule has 0 unspecified atom stereocenters. The molecule has 0 atom stereocenters. The van der Waals surface area contributed by atoms with E-state index in [0.717, 1.165) is 0 Å². The molecule has 0 fully saturated rings. The van der Waals surface area contributed by atoms with Gasteiger partial charge in [0.2, 0.25) is 0 Å². The van der Waals surface area contributed by atoms with Gasteiger partial charge >= 0.3 is 12.1 Å². The summed E-state index contributed by atoms with van der Waals surface area (Å²) in [5.74, 6) is -0.896. The topological polar surface area (TPSA) is 94.1 Å². The molecular formula is C11H21NO6. The van der Waals surface area contributed by atoms with E-state index in [1.165, 1.54) is 0 Å². The highest BCUT2D eigenvalue weighted by Gasteiger charge is 2.02. The van der Waals surface area contributed by atoms with Gasteiger partial charge in [0.05, 0.1) is 19.8 Å².